The number of benzene rings is 1. The van der Waals surface area contributed by atoms with Crippen LogP contribution in [0.3, 0.4) is 0 Å². The Morgan fingerprint density at radius 2 is 1.51 bits per heavy atom. The highest BCUT2D eigenvalue weighted by Gasteiger charge is 2.20. The van der Waals surface area contributed by atoms with E-state index in [2.05, 4.69) is 50.1 Å². The first kappa shape index (κ1) is 43.9. The molecule has 2 atom stereocenters. The number of nitrogens with one attached hydrogen (secondary N) is 2. The molecule has 7 nitrogen and oxygen atoms in total. The normalized spacial score (nSPS) is 12.8. The van der Waals surface area contributed by atoms with E-state index in [0.717, 1.165) is 43.4 Å². The number of unbranched alkanes of at least 4 members (excludes halogenated alkanes) is 3. The van der Waals surface area contributed by atoms with Gasteiger partial charge in [0.05, 0.1) is 0 Å². The van der Waals surface area contributed by atoms with Gasteiger partial charge in [0.1, 0.15) is 0 Å². The van der Waals surface area contributed by atoms with Gasteiger partial charge in [-0.1, -0.05) is 97.9 Å². The highest BCUT2D eigenvalue weighted by atomic mass is 16.2. The second-order valence-corrected chi connectivity index (χ2v) is 11.9. The van der Waals surface area contributed by atoms with Crippen LogP contribution < -0.4 is 16.4 Å². The number of primary amides is 1. The standard InChI is InChI=1S/C23H38N2O2.C12H18O.C2H6.CH3NO/c1-7-9-10-11-12-22(26)24-20(16(3)4)15-23(27)25-21-14-17(5)19(8-2)13-18(21)6;1-4-9(2)12(13)8-5-10(3)11-6-7-11;1-2;2-1-3/h13-14,16,20H,7-12,15H2,1-6H3,(H,24,26)(H,25,27);5,8-9H,4,6-7H2,1-3H3;1-2H3;1H,(H2,2,3)/b;8-5-;;. The number of nitrogens with two attached hydrogens (primary N) is 1. The fraction of sp³-hybridized carbons (Fsp3) is 0.632. The number of rotatable bonds is 15. The average molecular weight is 628 g/mol. The molecule has 0 aromatic heterocycles. The first-order valence-corrected chi connectivity index (χ1v) is 17.1. The van der Waals surface area contributed by atoms with Crippen molar-refractivity contribution in [2.45, 2.75) is 146 Å². The van der Waals surface area contributed by atoms with E-state index in [1.807, 2.05) is 60.6 Å². The number of hydrogen-bond acceptors (Lipinski definition) is 4. The van der Waals surface area contributed by atoms with Crippen LogP contribution in [0.5, 0.6) is 0 Å². The van der Waals surface area contributed by atoms with Gasteiger partial charge in [0.2, 0.25) is 18.2 Å². The van der Waals surface area contributed by atoms with Crippen LogP contribution in [0.25, 0.3) is 0 Å². The maximum atomic E-state index is 12.6. The summed E-state index contributed by atoms with van der Waals surface area (Å²) in [7, 11) is 0. The largest absolute Gasteiger partial charge is 0.372 e. The summed E-state index contributed by atoms with van der Waals surface area (Å²) in [5.74, 6) is 0.639. The summed E-state index contributed by atoms with van der Waals surface area (Å²) >= 11 is 0. The quantitative estimate of drug-likeness (QED) is 0.102. The minimum atomic E-state index is -0.139. The summed E-state index contributed by atoms with van der Waals surface area (Å²) in [6.45, 7) is 22.6. The van der Waals surface area contributed by atoms with Gasteiger partial charge in [0.15, 0.2) is 5.78 Å². The topological polar surface area (TPSA) is 118 Å². The Bertz CT molecular complexity index is 1080. The van der Waals surface area contributed by atoms with Gasteiger partial charge in [-0.05, 0) is 87.6 Å². The SMILES string of the molecule is CC.CCC(C)C(=O)/C=C\C(C)=C1CC1.CCCCCCC(=O)NC(CC(=O)Nc1cc(C)c(CC)cc1C)C(C)C.NC=O. The fourth-order valence-electron chi connectivity index (χ4n) is 4.38. The second kappa shape index (κ2) is 26.0. The summed E-state index contributed by atoms with van der Waals surface area (Å²) in [4.78, 5) is 44.7. The highest BCUT2D eigenvalue weighted by molar-refractivity contribution is 5.92. The number of aryl methyl sites for hydroxylation is 3. The molecule has 0 aliphatic heterocycles. The summed E-state index contributed by atoms with van der Waals surface area (Å²) in [5, 5.41) is 6.09. The minimum Gasteiger partial charge on any atom is -0.372 e. The zero-order valence-electron chi connectivity index (χ0n) is 30.4. The van der Waals surface area contributed by atoms with Gasteiger partial charge < -0.3 is 16.4 Å². The van der Waals surface area contributed by atoms with Crippen molar-refractivity contribution in [1.82, 2.24) is 5.32 Å². The van der Waals surface area contributed by atoms with Crippen molar-refractivity contribution < 1.29 is 19.2 Å². The van der Waals surface area contributed by atoms with E-state index in [4.69, 9.17) is 4.79 Å². The van der Waals surface area contributed by atoms with E-state index in [0.29, 0.717) is 12.8 Å². The molecule has 0 heterocycles. The van der Waals surface area contributed by atoms with Crippen molar-refractivity contribution in [3.8, 4) is 0 Å². The Kier molecular flexibility index (Phi) is 25.4. The Balaban J connectivity index is 0. The third-order valence-electron chi connectivity index (χ3n) is 7.81. The molecule has 2 unspecified atom stereocenters. The Morgan fingerprint density at radius 3 is 2.00 bits per heavy atom. The monoisotopic (exact) mass is 627 g/mol. The molecule has 2 rings (SSSR count). The molecule has 1 aromatic rings. The van der Waals surface area contributed by atoms with Crippen LogP contribution in [-0.4, -0.2) is 30.0 Å². The summed E-state index contributed by atoms with van der Waals surface area (Å²) < 4.78 is 0. The molecule has 0 bridgehead atoms. The molecular weight excluding hydrogens is 562 g/mol. The Hall–Kier alpha value is -3.22. The van der Waals surface area contributed by atoms with E-state index in [9.17, 15) is 14.4 Å². The first-order chi connectivity index (χ1) is 21.3. The summed E-state index contributed by atoms with van der Waals surface area (Å²) in [5.41, 5.74) is 11.4. The van der Waals surface area contributed by atoms with Crippen LogP contribution in [0, 0.1) is 25.7 Å². The predicted octanol–water partition coefficient (Wildman–Crippen LogP) is 8.70. The van der Waals surface area contributed by atoms with Gasteiger partial charge in [0, 0.05) is 30.5 Å². The molecule has 4 N–H and O–H groups in total. The molecule has 1 aromatic carbocycles. The van der Waals surface area contributed by atoms with Gasteiger partial charge in [-0.25, -0.2) is 0 Å². The smallest absolute Gasteiger partial charge is 0.226 e. The number of allylic oxidation sites excluding steroid dienone is 4. The molecule has 1 aliphatic rings. The van der Waals surface area contributed by atoms with Crippen LogP contribution in [0.15, 0.2) is 35.4 Å². The lowest BCUT2D eigenvalue weighted by Crippen LogP contribution is -2.41. The van der Waals surface area contributed by atoms with Gasteiger partial charge in [-0.15, -0.1) is 0 Å². The maximum absolute atomic E-state index is 12.6. The van der Waals surface area contributed by atoms with Crippen molar-refractivity contribution in [3.05, 3.63) is 52.1 Å². The Labute approximate surface area is 275 Å². The van der Waals surface area contributed by atoms with Crippen LogP contribution in [0.2, 0.25) is 0 Å². The van der Waals surface area contributed by atoms with Crippen molar-refractivity contribution in [2.24, 2.45) is 17.6 Å². The van der Waals surface area contributed by atoms with E-state index >= 15 is 0 Å². The number of amides is 3. The minimum absolute atomic E-state index is 0.0493. The second-order valence-electron chi connectivity index (χ2n) is 11.9. The summed E-state index contributed by atoms with van der Waals surface area (Å²) in [6, 6.07) is 4.05. The van der Waals surface area contributed by atoms with Crippen LogP contribution in [0.4, 0.5) is 5.69 Å². The molecule has 256 valence electrons. The van der Waals surface area contributed by atoms with Gasteiger partial charge >= 0.3 is 0 Å². The third-order valence-corrected chi connectivity index (χ3v) is 7.81. The average Bonchev–Trinajstić information content (AvgIpc) is 3.86. The highest BCUT2D eigenvalue weighted by Crippen LogP contribution is 2.31. The number of carbonyl (C=O) groups is 4. The van der Waals surface area contributed by atoms with Crippen molar-refractivity contribution in [1.29, 1.82) is 0 Å². The molecule has 3 amide bonds. The molecule has 45 heavy (non-hydrogen) atoms. The van der Waals surface area contributed by atoms with Crippen molar-refractivity contribution in [2.75, 3.05) is 5.32 Å². The van der Waals surface area contributed by atoms with E-state index < -0.39 is 0 Å². The summed E-state index contributed by atoms with van der Waals surface area (Å²) in [6.07, 6.45) is 13.5. The molecule has 7 heteroatoms. The van der Waals surface area contributed by atoms with Gasteiger partial charge in [-0.3, -0.25) is 19.2 Å². The van der Waals surface area contributed by atoms with Gasteiger partial charge in [-0.2, -0.15) is 0 Å². The first-order valence-electron chi connectivity index (χ1n) is 17.1. The van der Waals surface area contributed by atoms with Crippen LogP contribution >= 0.6 is 0 Å². The lowest BCUT2D eigenvalue weighted by molar-refractivity contribution is -0.123. The fourth-order valence-corrected chi connectivity index (χ4v) is 4.38. The maximum Gasteiger partial charge on any atom is 0.226 e. The van der Waals surface area contributed by atoms with E-state index in [1.54, 1.807) is 6.08 Å². The predicted molar refractivity (Wildman–Crippen MR) is 191 cm³/mol. The molecule has 0 radical (unpaired) electrons. The molecule has 1 fully saturated rings. The van der Waals surface area contributed by atoms with Crippen molar-refractivity contribution in [3.63, 3.8) is 0 Å². The molecule has 0 saturated heterocycles. The molecule has 1 saturated carbocycles. The third kappa shape index (κ3) is 20.4. The van der Waals surface area contributed by atoms with Crippen molar-refractivity contribution >= 4 is 29.7 Å². The molecule has 0 spiro atoms. The lowest BCUT2D eigenvalue weighted by atomic mass is 9.99. The number of hydrogen-bond donors (Lipinski definition) is 3. The number of carbonyl (C=O) groups excluding carboxylic acids is 4. The number of ketones is 1. The van der Waals surface area contributed by atoms with Gasteiger partial charge in [0.25, 0.3) is 0 Å². The van der Waals surface area contributed by atoms with E-state index in [1.165, 1.54) is 41.5 Å². The van der Waals surface area contributed by atoms with Crippen LogP contribution in [0.1, 0.15) is 137 Å². The zero-order chi connectivity index (χ0) is 34.9. The van der Waals surface area contributed by atoms with E-state index in [-0.39, 0.29) is 41.9 Å². The molecular formula is C38H65N3O4. The number of anilines is 1. The van der Waals surface area contributed by atoms with Crippen LogP contribution in [-0.2, 0) is 25.6 Å². The zero-order valence-corrected chi connectivity index (χ0v) is 30.4. The lowest BCUT2D eigenvalue weighted by Gasteiger charge is -2.22. The Morgan fingerprint density at radius 1 is 0.911 bits per heavy atom. The molecule has 1 aliphatic carbocycles.